The van der Waals surface area contributed by atoms with Gasteiger partial charge < -0.3 is 20.4 Å². The first-order chi connectivity index (χ1) is 9.08. The molecule has 0 aromatic carbocycles. The van der Waals surface area contributed by atoms with E-state index in [1.165, 1.54) is 11.7 Å². The minimum Gasteiger partial charge on any atom is -0.464 e. The van der Waals surface area contributed by atoms with Gasteiger partial charge in [0.15, 0.2) is 5.69 Å². The lowest BCUT2D eigenvalue weighted by Crippen LogP contribution is -2.44. The van der Waals surface area contributed by atoms with E-state index in [4.69, 9.17) is 5.73 Å². The van der Waals surface area contributed by atoms with Gasteiger partial charge in [-0.15, -0.1) is 0 Å². The number of ether oxygens (including phenoxy) is 1. The molecule has 0 saturated carbocycles. The number of aromatic nitrogens is 2. The number of anilines is 1. The zero-order chi connectivity index (χ0) is 15.7. The Morgan fingerprint density at radius 2 is 1.95 bits per heavy atom. The van der Waals surface area contributed by atoms with Crippen LogP contribution in [0.1, 0.15) is 50.0 Å². The minimum absolute atomic E-state index is 0.0282. The van der Waals surface area contributed by atoms with Crippen molar-refractivity contribution in [2.45, 2.75) is 46.2 Å². The average Bonchev–Trinajstić information content (AvgIpc) is 2.61. The molecule has 0 aliphatic heterocycles. The molecule has 112 valence electrons. The van der Waals surface area contributed by atoms with E-state index in [2.05, 4.69) is 15.0 Å². The lowest BCUT2D eigenvalue weighted by Gasteiger charge is -2.24. The predicted octanol–water partition coefficient (Wildman–Crippen LogP) is 1.04. The van der Waals surface area contributed by atoms with Gasteiger partial charge in [-0.1, -0.05) is 0 Å². The monoisotopic (exact) mass is 282 g/mol. The lowest BCUT2D eigenvalue weighted by molar-refractivity contribution is -0.125. The second-order valence-electron chi connectivity index (χ2n) is 5.67. The molecular formula is C13H22N4O3. The van der Waals surface area contributed by atoms with Gasteiger partial charge >= 0.3 is 5.97 Å². The van der Waals surface area contributed by atoms with Gasteiger partial charge in [0.2, 0.25) is 5.91 Å². The second-order valence-corrected chi connectivity index (χ2v) is 5.67. The fourth-order valence-electron chi connectivity index (χ4n) is 1.89. The lowest BCUT2D eigenvalue weighted by atomic mass is 10.1. The highest BCUT2D eigenvalue weighted by Gasteiger charge is 2.27. The Hall–Kier alpha value is -2.05. The number of nitrogen functional groups attached to an aromatic ring is 1. The predicted molar refractivity (Wildman–Crippen MR) is 75.3 cm³/mol. The number of nitrogens with zero attached hydrogens (tertiary/aromatic N) is 2. The Labute approximate surface area is 118 Å². The summed E-state index contributed by atoms with van der Waals surface area (Å²) in [5, 5.41) is 2.87. The topological polar surface area (TPSA) is 99.2 Å². The number of amides is 1. The molecule has 0 spiro atoms. The zero-order valence-corrected chi connectivity index (χ0v) is 12.8. The summed E-state index contributed by atoms with van der Waals surface area (Å²) in [7, 11) is 1.26. The van der Waals surface area contributed by atoms with E-state index < -0.39 is 12.0 Å². The highest BCUT2D eigenvalue weighted by atomic mass is 16.5. The van der Waals surface area contributed by atoms with Crippen molar-refractivity contribution in [2.75, 3.05) is 12.8 Å². The van der Waals surface area contributed by atoms with Crippen molar-refractivity contribution in [3.8, 4) is 0 Å². The molecule has 1 amide bonds. The van der Waals surface area contributed by atoms with Crippen LogP contribution in [0.3, 0.4) is 0 Å². The van der Waals surface area contributed by atoms with Crippen LogP contribution in [0.25, 0.3) is 0 Å². The molecule has 0 fully saturated rings. The highest BCUT2D eigenvalue weighted by molar-refractivity contribution is 5.93. The standard InChI is InChI=1S/C13H22N4O3/c1-7(11(18)16-13(3,4)5)17-8(2)15-9(10(17)14)12(19)20-6/h7H,14H2,1-6H3,(H,16,18). The Kier molecular flexibility index (Phi) is 4.42. The third-order valence-electron chi connectivity index (χ3n) is 2.77. The number of nitrogens with one attached hydrogen (secondary N) is 1. The number of esters is 1. The van der Waals surface area contributed by atoms with Crippen molar-refractivity contribution >= 4 is 17.7 Å². The van der Waals surface area contributed by atoms with Gasteiger partial charge in [0.25, 0.3) is 0 Å². The van der Waals surface area contributed by atoms with E-state index >= 15 is 0 Å². The summed E-state index contributed by atoms with van der Waals surface area (Å²) in [5.74, 6) is -0.195. The molecule has 0 saturated heterocycles. The Balaban J connectivity index is 3.11. The van der Waals surface area contributed by atoms with Gasteiger partial charge in [-0.2, -0.15) is 0 Å². The third kappa shape index (κ3) is 3.28. The van der Waals surface area contributed by atoms with Crippen molar-refractivity contribution in [1.82, 2.24) is 14.9 Å². The van der Waals surface area contributed by atoms with Crippen molar-refractivity contribution < 1.29 is 14.3 Å². The van der Waals surface area contributed by atoms with Gasteiger partial charge in [-0.25, -0.2) is 9.78 Å². The quantitative estimate of drug-likeness (QED) is 0.807. The minimum atomic E-state index is -0.618. The van der Waals surface area contributed by atoms with Crippen LogP contribution >= 0.6 is 0 Å². The van der Waals surface area contributed by atoms with E-state index in [1.807, 2.05) is 20.8 Å². The van der Waals surface area contributed by atoms with Crippen LogP contribution in [0.15, 0.2) is 0 Å². The van der Waals surface area contributed by atoms with Crippen molar-refractivity contribution in [3.63, 3.8) is 0 Å². The summed E-state index contributed by atoms with van der Waals surface area (Å²) in [6.07, 6.45) is 0. The maximum atomic E-state index is 12.2. The summed E-state index contributed by atoms with van der Waals surface area (Å²) in [6, 6.07) is -0.569. The van der Waals surface area contributed by atoms with Crippen molar-refractivity contribution in [1.29, 1.82) is 0 Å². The van der Waals surface area contributed by atoms with E-state index in [1.54, 1.807) is 13.8 Å². The Bertz CT molecular complexity index is 528. The molecule has 3 N–H and O–H groups in total. The molecule has 1 atom stereocenters. The number of aryl methyl sites for hydroxylation is 1. The van der Waals surface area contributed by atoms with Crippen LogP contribution in [0.2, 0.25) is 0 Å². The van der Waals surface area contributed by atoms with Crippen molar-refractivity contribution in [2.24, 2.45) is 0 Å². The first-order valence-corrected chi connectivity index (χ1v) is 6.33. The van der Waals surface area contributed by atoms with Crippen LogP contribution in [0, 0.1) is 6.92 Å². The molecule has 7 nitrogen and oxygen atoms in total. The van der Waals surface area contributed by atoms with Gasteiger partial charge in [0.05, 0.1) is 7.11 Å². The Morgan fingerprint density at radius 3 is 2.40 bits per heavy atom. The molecule has 1 aromatic heterocycles. The number of imidazole rings is 1. The summed E-state index contributed by atoms with van der Waals surface area (Å²) in [4.78, 5) is 27.8. The summed E-state index contributed by atoms with van der Waals surface area (Å²) in [5.41, 5.74) is 5.58. The normalized spacial score (nSPS) is 12.9. The summed E-state index contributed by atoms with van der Waals surface area (Å²) in [6.45, 7) is 9.06. The average molecular weight is 282 g/mol. The van der Waals surface area contributed by atoms with Crippen molar-refractivity contribution in [3.05, 3.63) is 11.5 Å². The van der Waals surface area contributed by atoms with E-state index in [-0.39, 0.29) is 23.0 Å². The molecule has 1 heterocycles. The van der Waals surface area contributed by atoms with Crippen LogP contribution < -0.4 is 11.1 Å². The van der Waals surface area contributed by atoms with Crippen LogP contribution in [-0.2, 0) is 9.53 Å². The van der Waals surface area contributed by atoms with Crippen LogP contribution in [0.4, 0.5) is 5.82 Å². The maximum absolute atomic E-state index is 12.2. The highest BCUT2D eigenvalue weighted by Crippen LogP contribution is 2.21. The van der Waals surface area contributed by atoms with Crippen LogP contribution in [0.5, 0.6) is 0 Å². The molecule has 0 bridgehead atoms. The molecule has 1 unspecified atom stereocenters. The number of rotatable bonds is 3. The smallest absolute Gasteiger partial charge is 0.360 e. The fourth-order valence-corrected chi connectivity index (χ4v) is 1.89. The molecular weight excluding hydrogens is 260 g/mol. The molecule has 0 aliphatic carbocycles. The van der Waals surface area contributed by atoms with Gasteiger partial charge in [0.1, 0.15) is 17.7 Å². The number of hydrogen-bond acceptors (Lipinski definition) is 5. The number of nitrogens with two attached hydrogens (primary N) is 1. The largest absolute Gasteiger partial charge is 0.464 e. The third-order valence-corrected chi connectivity index (χ3v) is 2.77. The molecule has 1 rings (SSSR count). The number of carbonyl (C=O) groups excluding carboxylic acids is 2. The van der Waals surface area contributed by atoms with Gasteiger partial charge in [-0.3, -0.25) is 4.79 Å². The summed E-state index contributed by atoms with van der Waals surface area (Å²) < 4.78 is 6.13. The number of hydrogen-bond donors (Lipinski definition) is 2. The zero-order valence-electron chi connectivity index (χ0n) is 12.8. The molecule has 1 aromatic rings. The molecule has 0 aliphatic rings. The van der Waals surface area contributed by atoms with Crippen LogP contribution in [-0.4, -0.2) is 34.1 Å². The summed E-state index contributed by atoms with van der Waals surface area (Å²) >= 11 is 0. The number of methoxy groups -OCH3 is 1. The number of carbonyl (C=O) groups is 2. The molecule has 7 heteroatoms. The first-order valence-electron chi connectivity index (χ1n) is 6.33. The van der Waals surface area contributed by atoms with Gasteiger partial charge in [-0.05, 0) is 34.6 Å². The SMILES string of the molecule is COC(=O)c1nc(C)n(C(C)C(=O)NC(C)(C)C)c1N. The Morgan fingerprint density at radius 1 is 1.40 bits per heavy atom. The molecule has 20 heavy (non-hydrogen) atoms. The molecule has 0 radical (unpaired) electrons. The van der Waals surface area contributed by atoms with E-state index in [0.717, 1.165) is 0 Å². The van der Waals surface area contributed by atoms with E-state index in [0.29, 0.717) is 5.82 Å². The fraction of sp³-hybridized carbons (Fsp3) is 0.615. The van der Waals surface area contributed by atoms with E-state index in [9.17, 15) is 9.59 Å². The first kappa shape index (κ1) is 16.0. The maximum Gasteiger partial charge on any atom is 0.360 e. The second kappa shape index (κ2) is 5.52. The van der Waals surface area contributed by atoms with Gasteiger partial charge in [0, 0.05) is 5.54 Å².